The van der Waals surface area contributed by atoms with E-state index in [9.17, 15) is 4.79 Å². The van der Waals surface area contributed by atoms with Gasteiger partial charge in [-0.15, -0.1) is 0 Å². The standard InChI is InChI=1S/C17H16BrNO3/c1-21-15-8-6-12(10-16(15)22-2)7-9-17(20)19-14-5-3-4-13(18)11-14/h3-11H,1-2H3,(H,19,20). The van der Waals surface area contributed by atoms with Crippen LogP contribution < -0.4 is 14.8 Å². The van der Waals surface area contributed by atoms with Crippen molar-refractivity contribution in [2.75, 3.05) is 19.5 Å². The molecule has 0 heterocycles. The lowest BCUT2D eigenvalue weighted by Crippen LogP contribution is -2.07. The van der Waals surface area contributed by atoms with Crippen LogP contribution in [0.15, 0.2) is 53.0 Å². The Labute approximate surface area is 137 Å². The average molecular weight is 362 g/mol. The number of rotatable bonds is 5. The van der Waals surface area contributed by atoms with Gasteiger partial charge in [0.2, 0.25) is 5.91 Å². The number of hydrogen-bond acceptors (Lipinski definition) is 3. The minimum atomic E-state index is -0.201. The van der Waals surface area contributed by atoms with Gasteiger partial charge >= 0.3 is 0 Å². The summed E-state index contributed by atoms with van der Waals surface area (Å²) in [6, 6.07) is 12.9. The van der Waals surface area contributed by atoms with Gasteiger partial charge in [-0.1, -0.05) is 28.1 Å². The van der Waals surface area contributed by atoms with E-state index in [1.807, 2.05) is 36.4 Å². The first-order valence-corrected chi connectivity index (χ1v) is 7.38. The van der Waals surface area contributed by atoms with E-state index in [0.717, 1.165) is 15.7 Å². The lowest BCUT2D eigenvalue weighted by molar-refractivity contribution is -0.111. The van der Waals surface area contributed by atoms with Gasteiger partial charge in [0, 0.05) is 16.2 Å². The summed E-state index contributed by atoms with van der Waals surface area (Å²) in [5.41, 5.74) is 1.58. The van der Waals surface area contributed by atoms with Crippen LogP contribution in [0, 0.1) is 0 Å². The first kappa shape index (κ1) is 16.1. The van der Waals surface area contributed by atoms with E-state index in [1.165, 1.54) is 6.08 Å². The van der Waals surface area contributed by atoms with E-state index in [-0.39, 0.29) is 5.91 Å². The summed E-state index contributed by atoms with van der Waals surface area (Å²) >= 11 is 3.36. The second kappa shape index (κ2) is 7.66. The monoisotopic (exact) mass is 361 g/mol. The number of nitrogens with one attached hydrogen (secondary N) is 1. The van der Waals surface area contributed by atoms with Gasteiger partial charge in [-0.05, 0) is 42.0 Å². The molecule has 2 aromatic carbocycles. The summed E-state index contributed by atoms with van der Waals surface area (Å²) in [4.78, 5) is 11.9. The molecule has 2 aromatic rings. The first-order chi connectivity index (χ1) is 10.6. The van der Waals surface area contributed by atoms with Crippen LogP contribution in [0.4, 0.5) is 5.69 Å². The molecule has 114 valence electrons. The van der Waals surface area contributed by atoms with E-state index >= 15 is 0 Å². The molecule has 5 heteroatoms. The van der Waals surface area contributed by atoms with Gasteiger partial charge in [0.05, 0.1) is 14.2 Å². The summed E-state index contributed by atoms with van der Waals surface area (Å²) in [7, 11) is 3.16. The van der Waals surface area contributed by atoms with E-state index in [0.29, 0.717) is 11.5 Å². The van der Waals surface area contributed by atoms with Gasteiger partial charge in [-0.25, -0.2) is 0 Å². The zero-order valence-corrected chi connectivity index (χ0v) is 13.9. The molecule has 0 saturated heterocycles. The van der Waals surface area contributed by atoms with Crippen LogP contribution in [0.5, 0.6) is 11.5 Å². The second-order valence-electron chi connectivity index (χ2n) is 4.45. The average Bonchev–Trinajstić information content (AvgIpc) is 2.52. The molecule has 0 aliphatic carbocycles. The molecule has 0 bridgehead atoms. The number of carbonyl (C=O) groups is 1. The molecule has 2 rings (SSSR count). The maximum absolute atomic E-state index is 11.9. The number of ether oxygens (including phenoxy) is 2. The third-order valence-corrected chi connectivity index (χ3v) is 3.42. The van der Waals surface area contributed by atoms with Crippen LogP contribution >= 0.6 is 15.9 Å². The Balaban J connectivity index is 2.06. The van der Waals surface area contributed by atoms with E-state index < -0.39 is 0 Å². The molecule has 4 nitrogen and oxygen atoms in total. The fourth-order valence-corrected chi connectivity index (χ4v) is 2.28. The van der Waals surface area contributed by atoms with Crippen LogP contribution in [0.2, 0.25) is 0 Å². The van der Waals surface area contributed by atoms with Gasteiger partial charge in [-0.3, -0.25) is 4.79 Å². The van der Waals surface area contributed by atoms with Crippen molar-refractivity contribution < 1.29 is 14.3 Å². The van der Waals surface area contributed by atoms with Crippen molar-refractivity contribution in [1.82, 2.24) is 0 Å². The lowest BCUT2D eigenvalue weighted by atomic mass is 10.2. The molecule has 0 aliphatic rings. The highest BCUT2D eigenvalue weighted by atomic mass is 79.9. The Morgan fingerprint density at radius 3 is 2.55 bits per heavy atom. The predicted molar refractivity (Wildman–Crippen MR) is 91.4 cm³/mol. The molecular weight excluding hydrogens is 346 g/mol. The molecule has 0 fully saturated rings. The van der Waals surface area contributed by atoms with E-state index in [1.54, 1.807) is 26.4 Å². The topological polar surface area (TPSA) is 47.6 Å². The van der Waals surface area contributed by atoms with Crippen LogP contribution in [-0.2, 0) is 4.79 Å². The van der Waals surface area contributed by atoms with Crippen molar-refractivity contribution in [2.45, 2.75) is 0 Å². The van der Waals surface area contributed by atoms with Crippen LogP contribution in [0.1, 0.15) is 5.56 Å². The van der Waals surface area contributed by atoms with Crippen molar-refractivity contribution in [3.05, 3.63) is 58.6 Å². The van der Waals surface area contributed by atoms with E-state index in [4.69, 9.17) is 9.47 Å². The SMILES string of the molecule is COc1ccc(C=CC(=O)Nc2cccc(Br)c2)cc1OC. The molecule has 0 radical (unpaired) electrons. The van der Waals surface area contributed by atoms with Gasteiger partial charge in [0.1, 0.15) is 0 Å². The number of anilines is 1. The Kier molecular flexibility index (Phi) is 5.61. The summed E-state index contributed by atoms with van der Waals surface area (Å²) in [6.07, 6.45) is 3.19. The normalized spacial score (nSPS) is 10.5. The highest BCUT2D eigenvalue weighted by molar-refractivity contribution is 9.10. The van der Waals surface area contributed by atoms with Crippen LogP contribution in [0.3, 0.4) is 0 Å². The van der Waals surface area contributed by atoms with Gasteiger partial charge in [-0.2, -0.15) is 0 Å². The number of hydrogen-bond donors (Lipinski definition) is 1. The quantitative estimate of drug-likeness (QED) is 0.814. The summed E-state index contributed by atoms with van der Waals surface area (Å²) < 4.78 is 11.3. The lowest BCUT2D eigenvalue weighted by Gasteiger charge is -2.07. The Morgan fingerprint density at radius 1 is 1.09 bits per heavy atom. The van der Waals surface area contributed by atoms with Crippen molar-refractivity contribution in [2.24, 2.45) is 0 Å². The molecule has 0 spiro atoms. The molecule has 0 aromatic heterocycles. The Hall–Kier alpha value is -2.27. The zero-order chi connectivity index (χ0) is 15.9. The highest BCUT2D eigenvalue weighted by Gasteiger charge is 2.03. The molecule has 22 heavy (non-hydrogen) atoms. The maximum atomic E-state index is 11.9. The Bertz CT molecular complexity index is 698. The number of amides is 1. The summed E-state index contributed by atoms with van der Waals surface area (Å²) in [5, 5.41) is 2.79. The van der Waals surface area contributed by atoms with Gasteiger partial charge < -0.3 is 14.8 Å². The van der Waals surface area contributed by atoms with Crippen LogP contribution in [0.25, 0.3) is 6.08 Å². The van der Waals surface area contributed by atoms with Crippen molar-refractivity contribution in [3.8, 4) is 11.5 Å². The molecule has 0 atom stereocenters. The largest absolute Gasteiger partial charge is 0.493 e. The highest BCUT2D eigenvalue weighted by Crippen LogP contribution is 2.28. The van der Waals surface area contributed by atoms with Crippen molar-refractivity contribution >= 4 is 33.6 Å². The second-order valence-corrected chi connectivity index (χ2v) is 5.36. The number of benzene rings is 2. The summed E-state index contributed by atoms with van der Waals surface area (Å²) in [6.45, 7) is 0. The first-order valence-electron chi connectivity index (χ1n) is 6.59. The third-order valence-electron chi connectivity index (χ3n) is 2.93. The number of halogens is 1. The number of carbonyl (C=O) groups excluding carboxylic acids is 1. The molecular formula is C17H16BrNO3. The van der Waals surface area contributed by atoms with Gasteiger partial charge in [0.15, 0.2) is 11.5 Å². The van der Waals surface area contributed by atoms with Crippen molar-refractivity contribution in [1.29, 1.82) is 0 Å². The fourth-order valence-electron chi connectivity index (χ4n) is 1.88. The Morgan fingerprint density at radius 2 is 1.86 bits per heavy atom. The predicted octanol–water partition coefficient (Wildman–Crippen LogP) is 4.12. The fraction of sp³-hybridized carbons (Fsp3) is 0.118. The number of methoxy groups -OCH3 is 2. The zero-order valence-electron chi connectivity index (χ0n) is 12.3. The van der Waals surface area contributed by atoms with Gasteiger partial charge in [0.25, 0.3) is 0 Å². The molecule has 1 amide bonds. The smallest absolute Gasteiger partial charge is 0.248 e. The van der Waals surface area contributed by atoms with E-state index in [2.05, 4.69) is 21.2 Å². The molecule has 0 saturated carbocycles. The third kappa shape index (κ3) is 4.36. The molecule has 0 unspecified atom stereocenters. The maximum Gasteiger partial charge on any atom is 0.248 e. The molecule has 1 N–H and O–H groups in total. The van der Waals surface area contributed by atoms with Crippen LogP contribution in [-0.4, -0.2) is 20.1 Å². The molecule has 0 aliphatic heterocycles. The van der Waals surface area contributed by atoms with Crippen molar-refractivity contribution in [3.63, 3.8) is 0 Å². The summed E-state index contributed by atoms with van der Waals surface area (Å²) in [5.74, 6) is 1.07. The minimum absolute atomic E-state index is 0.201. The minimum Gasteiger partial charge on any atom is -0.493 e.